The van der Waals surface area contributed by atoms with Gasteiger partial charge < -0.3 is 14.5 Å². The van der Waals surface area contributed by atoms with E-state index >= 15 is 0 Å². The molecule has 1 aliphatic carbocycles. The third-order valence-corrected chi connectivity index (χ3v) is 3.89. The topological polar surface area (TPSA) is 56.2 Å². The quantitative estimate of drug-likeness (QED) is 0.923. The van der Waals surface area contributed by atoms with Crippen LogP contribution in [-0.4, -0.2) is 22.8 Å². The van der Waals surface area contributed by atoms with Gasteiger partial charge in [0.2, 0.25) is 0 Å². The molecule has 0 spiro atoms. The van der Waals surface area contributed by atoms with E-state index in [2.05, 4.69) is 4.98 Å². The van der Waals surface area contributed by atoms with Gasteiger partial charge in [0.05, 0.1) is 13.2 Å². The molecule has 1 aromatic heterocycles. The molecule has 2 aromatic rings. The van der Waals surface area contributed by atoms with Crippen molar-refractivity contribution in [1.29, 1.82) is 0 Å². The molecule has 0 radical (unpaired) electrons. The first kappa shape index (κ1) is 14.5. The van der Waals surface area contributed by atoms with Crippen LogP contribution in [0.5, 0.6) is 11.5 Å². The van der Waals surface area contributed by atoms with Crippen molar-refractivity contribution in [2.24, 2.45) is 0 Å². The Morgan fingerprint density at radius 2 is 2.09 bits per heavy atom. The van der Waals surface area contributed by atoms with Gasteiger partial charge in [-0.3, -0.25) is 4.57 Å². The lowest BCUT2D eigenvalue weighted by Gasteiger charge is -2.16. The van der Waals surface area contributed by atoms with Crippen LogP contribution in [0.1, 0.15) is 31.2 Å². The van der Waals surface area contributed by atoms with E-state index in [9.17, 15) is 4.79 Å². The van der Waals surface area contributed by atoms with Gasteiger partial charge in [-0.15, -0.1) is 0 Å². The summed E-state index contributed by atoms with van der Waals surface area (Å²) < 4.78 is 12.9. The Bertz CT molecular complexity index is 709. The van der Waals surface area contributed by atoms with E-state index in [4.69, 9.17) is 9.47 Å². The maximum atomic E-state index is 11.4. The van der Waals surface area contributed by atoms with E-state index in [-0.39, 0.29) is 11.8 Å². The lowest BCUT2D eigenvalue weighted by atomic mass is 10.2. The largest absolute Gasteiger partial charge is 0.493 e. The van der Waals surface area contributed by atoms with Crippen molar-refractivity contribution in [3.05, 3.63) is 46.6 Å². The van der Waals surface area contributed by atoms with Crippen molar-refractivity contribution in [2.45, 2.75) is 31.8 Å². The van der Waals surface area contributed by atoms with Crippen LogP contribution in [0.3, 0.4) is 0 Å². The van der Waals surface area contributed by atoms with Crippen molar-refractivity contribution < 1.29 is 9.47 Å². The number of nitrogens with one attached hydrogen (secondary N) is 1. The molecular weight excluding hydrogens is 280 g/mol. The molecule has 1 heterocycles. The molecular formula is C17H20N2O3. The van der Waals surface area contributed by atoms with E-state index < -0.39 is 0 Å². The van der Waals surface area contributed by atoms with Crippen LogP contribution >= 0.6 is 0 Å². The second kappa shape index (κ2) is 6.56. The van der Waals surface area contributed by atoms with E-state index in [1.165, 1.54) is 17.4 Å². The lowest BCUT2D eigenvalue weighted by molar-refractivity contribution is 0.201. The van der Waals surface area contributed by atoms with E-state index in [1.807, 2.05) is 24.3 Å². The molecule has 1 saturated carbocycles. The third kappa shape index (κ3) is 3.24. The monoisotopic (exact) mass is 300 g/mol. The predicted octanol–water partition coefficient (Wildman–Crippen LogP) is 3.13. The molecule has 0 atom stereocenters. The van der Waals surface area contributed by atoms with E-state index in [0.29, 0.717) is 0 Å². The first-order valence-electron chi connectivity index (χ1n) is 7.54. The molecule has 0 amide bonds. The van der Waals surface area contributed by atoms with Crippen molar-refractivity contribution >= 4 is 12.3 Å². The Hall–Kier alpha value is -2.43. The van der Waals surface area contributed by atoms with Crippen LogP contribution in [0, 0.1) is 0 Å². The molecule has 0 unspecified atom stereocenters. The molecule has 1 aromatic carbocycles. The summed E-state index contributed by atoms with van der Waals surface area (Å²) in [5.74, 6) is 1.50. The second-order valence-corrected chi connectivity index (χ2v) is 5.42. The van der Waals surface area contributed by atoms with Crippen LogP contribution < -0.4 is 15.2 Å². The van der Waals surface area contributed by atoms with Crippen molar-refractivity contribution in [1.82, 2.24) is 9.55 Å². The highest BCUT2D eigenvalue weighted by Crippen LogP contribution is 2.32. The molecule has 1 fully saturated rings. The van der Waals surface area contributed by atoms with Crippen LogP contribution in [0.4, 0.5) is 0 Å². The van der Waals surface area contributed by atoms with Gasteiger partial charge in [0.25, 0.3) is 0 Å². The summed E-state index contributed by atoms with van der Waals surface area (Å²) in [6.45, 7) is 0. The molecule has 0 bridgehead atoms. The highest BCUT2D eigenvalue weighted by atomic mass is 16.5. The van der Waals surface area contributed by atoms with Crippen molar-refractivity contribution in [2.75, 3.05) is 7.11 Å². The summed E-state index contributed by atoms with van der Waals surface area (Å²) >= 11 is 0. The Kier molecular flexibility index (Phi) is 4.32. The number of hydrogen-bond donors (Lipinski definition) is 1. The van der Waals surface area contributed by atoms with Crippen molar-refractivity contribution in [3.63, 3.8) is 0 Å². The molecule has 1 N–H and O–H groups in total. The number of hydrogen-bond acceptors (Lipinski definition) is 3. The van der Waals surface area contributed by atoms with Crippen LogP contribution in [0.2, 0.25) is 0 Å². The van der Waals surface area contributed by atoms with Gasteiger partial charge in [-0.1, -0.05) is 6.07 Å². The zero-order valence-corrected chi connectivity index (χ0v) is 12.6. The minimum atomic E-state index is -0.160. The number of aromatic nitrogens is 2. The molecule has 1 aliphatic rings. The minimum absolute atomic E-state index is 0.160. The zero-order valence-electron chi connectivity index (χ0n) is 12.6. The van der Waals surface area contributed by atoms with Crippen LogP contribution in [0.25, 0.3) is 12.3 Å². The van der Waals surface area contributed by atoms with Gasteiger partial charge in [-0.2, -0.15) is 0 Å². The minimum Gasteiger partial charge on any atom is -0.493 e. The van der Waals surface area contributed by atoms with Crippen molar-refractivity contribution in [3.8, 4) is 11.5 Å². The standard InChI is InChI=1S/C17H20N2O3/c1-21-15-7-6-13(8-10-19-11-9-18-17(19)20)12-16(15)22-14-4-2-3-5-14/h6-12,14H,2-5H2,1H3,(H,18,20)/b10-8-. The fourth-order valence-electron chi connectivity index (χ4n) is 2.69. The SMILES string of the molecule is COc1ccc(/C=C\n2cc[nH]c2=O)cc1OC1CCCC1. The molecule has 0 saturated heterocycles. The number of benzene rings is 1. The second-order valence-electron chi connectivity index (χ2n) is 5.42. The summed E-state index contributed by atoms with van der Waals surface area (Å²) in [7, 11) is 1.64. The number of methoxy groups -OCH3 is 1. The fourth-order valence-corrected chi connectivity index (χ4v) is 2.69. The average Bonchev–Trinajstić information content (AvgIpc) is 3.17. The summed E-state index contributed by atoms with van der Waals surface area (Å²) in [5.41, 5.74) is 0.800. The van der Waals surface area contributed by atoms with Gasteiger partial charge in [-0.25, -0.2) is 4.79 Å². The maximum Gasteiger partial charge on any atom is 0.329 e. The highest BCUT2D eigenvalue weighted by Gasteiger charge is 2.18. The number of rotatable bonds is 5. The normalized spacial score (nSPS) is 15.5. The van der Waals surface area contributed by atoms with Gasteiger partial charge in [0.1, 0.15) is 0 Å². The molecule has 0 aliphatic heterocycles. The number of imidazole rings is 1. The molecule has 5 heteroatoms. The van der Waals surface area contributed by atoms with Crippen LogP contribution in [0.15, 0.2) is 35.4 Å². The summed E-state index contributed by atoms with van der Waals surface area (Å²) in [6.07, 6.45) is 11.8. The van der Waals surface area contributed by atoms with Crippen LogP contribution in [-0.2, 0) is 0 Å². The number of ether oxygens (including phenoxy) is 2. The first-order valence-corrected chi connectivity index (χ1v) is 7.54. The van der Waals surface area contributed by atoms with Gasteiger partial charge >= 0.3 is 5.69 Å². The van der Waals surface area contributed by atoms with Gasteiger partial charge in [-0.05, 0) is 49.5 Å². The summed E-state index contributed by atoms with van der Waals surface area (Å²) in [5, 5.41) is 0. The Labute approximate surface area is 129 Å². The zero-order chi connectivity index (χ0) is 15.4. The van der Waals surface area contributed by atoms with E-state index in [1.54, 1.807) is 25.7 Å². The van der Waals surface area contributed by atoms with Gasteiger partial charge in [0, 0.05) is 18.6 Å². The smallest absolute Gasteiger partial charge is 0.329 e. The number of H-pyrrole nitrogens is 1. The summed E-state index contributed by atoms with van der Waals surface area (Å²) in [4.78, 5) is 14.0. The number of nitrogens with zero attached hydrogens (tertiary/aromatic N) is 1. The summed E-state index contributed by atoms with van der Waals surface area (Å²) in [6, 6.07) is 5.78. The Balaban J connectivity index is 1.81. The maximum absolute atomic E-state index is 11.4. The first-order chi connectivity index (χ1) is 10.8. The van der Waals surface area contributed by atoms with E-state index in [0.717, 1.165) is 29.9 Å². The Morgan fingerprint density at radius 1 is 1.27 bits per heavy atom. The molecule has 22 heavy (non-hydrogen) atoms. The predicted molar refractivity (Wildman–Crippen MR) is 86.2 cm³/mol. The third-order valence-electron chi connectivity index (χ3n) is 3.89. The highest BCUT2D eigenvalue weighted by molar-refractivity contribution is 5.63. The molecule has 116 valence electrons. The molecule has 5 nitrogen and oxygen atoms in total. The molecule has 3 rings (SSSR count). The lowest BCUT2D eigenvalue weighted by Crippen LogP contribution is -2.11. The van der Waals surface area contributed by atoms with Gasteiger partial charge in [0.15, 0.2) is 11.5 Å². The number of aromatic amines is 1. The fraction of sp³-hybridized carbons (Fsp3) is 0.353. The average molecular weight is 300 g/mol. The Morgan fingerprint density at radius 3 is 2.77 bits per heavy atom.